The molecular weight excluding hydrogens is 388 g/mol. The number of aromatic carboxylic acids is 1. The molecular formula is C23H26O7. The maximum atomic E-state index is 10.7. The van der Waals surface area contributed by atoms with E-state index in [-0.39, 0.29) is 5.56 Å². The van der Waals surface area contributed by atoms with E-state index in [0.717, 1.165) is 0 Å². The Morgan fingerprint density at radius 1 is 0.667 bits per heavy atom. The third-order valence-electron chi connectivity index (χ3n) is 2.93. The normalized spacial score (nSPS) is 10.1. The number of carboxylic acids is 2. The zero-order valence-electron chi connectivity index (χ0n) is 17.3. The standard InChI is InChI=1S/C8H6O3.C8H14O2.C7H6O2/c9-7(8(10)11)6-4-2-1-3-5-6;1-7(2,9)5-6-8(3,4)10;8-7(9)6-4-2-1-3-5-6/h1-5H,(H,10,11);9-10H,1-4H3;1-5H,(H,8,9). The summed E-state index contributed by atoms with van der Waals surface area (Å²) in [5, 5.41) is 34.9. The minimum absolute atomic E-state index is 0.208. The third-order valence-corrected chi connectivity index (χ3v) is 2.93. The number of carboxylic acid groups (broad SMARTS) is 2. The first-order valence-electron chi connectivity index (χ1n) is 8.83. The second-order valence-electron chi connectivity index (χ2n) is 7.04. The van der Waals surface area contributed by atoms with Crippen molar-refractivity contribution in [2.45, 2.75) is 38.9 Å². The van der Waals surface area contributed by atoms with Gasteiger partial charge >= 0.3 is 11.9 Å². The van der Waals surface area contributed by atoms with Gasteiger partial charge in [0.05, 0.1) is 5.56 Å². The van der Waals surface area contributed by atoms with Crippen LogP contribution in [0.2, 0.25) is 0 Å². The molecule has 0 aliphatic rings. The van der Waals surface area contributed by atoms with Gasteiger partial charge in [-0.15, -0.1) is 0 Å². The number of ketones is 1. The molecule has 0 bridgehead atoms. The van der Waals surface area contributed by atoms with E-state index in [1.807, 2.05) is 0 Å². The van der Waals surface area contributed by atoms with Crippen LogP contribution in [-0.4, -0.2) is 49.4 Å². The Morgan fingerprint density at radius 3 is 1.23 bits per heavy atom. The fourth-order valence-corrected chi connectivity index (χ4v) is 1.60. The van der Waals surface area contributed by atoms with E-state index in [9.17, 15) is 14.4 Å². The van der Waals surface area contributed by atoms with E-state index in [1.165, 1.54) is 12.1 Å². The van der Waals surface area contributed by atoms with Crippen LogP contribution in [0.15, 0.2) is 60.7 Å². The van der Waals surface area contributed by atoms with Crippen LogP contribution in [0.4, 0.5) is 0 Å². The Balaban J connectivity index is 0.000000423. The molecule has 30 heavy (non-hydrogen) atoms. The largest absolute Gasteiger partial charge is 0.478 e. The van der Waals surface area contributed by atoms with Gasteiger partial charge < -0.3 is 20.4 Å². The smallest absolute Gasteiger partial charge is 0.377 e. The highest BCUT2D eigenvalue weighted by Gasteiger charge is 2.12. The Hall–Kier alpha value is -3.47. The Kier molecular flexibility index (Phi) is 10.8. The number of benzene rings is 2. The number of aliphatic carboxylic acids is 1. The van der Waals surface area contributed by atoms with Gasteiger partial charge in [0.25, 0.3) is 5.78 Å². The molecule has 7 nitrogen and oxygen atoms in total. The highest BCUT2D eigenvalue weighted by molar-refractivity contribution is 6.39. The number of Topliss-reactive ketones (excluding diaryl/α,β-unsaturated/α-hetero) is 1. The van der Waals surface area contributed by atoms with E-state index in [4.69, 9.17) is 20.4 Å². The van der Waals surface area contributed by atoms with E-state index in [2.05, 4.69) is 11.8 Å². The van der Waals surface area contributed by atoms with Gasteiger partial charge in [-0.25, -0.2) is 9.59 Å². The summed E-state index contributed by atoms with van der Waals surface area (Å²) in [6, 6.07) is 16.2. The van der Waals surface area contributed by atoms with Gasteiger partial charge in [0.2, 0.25) is 0 Å². The Bertz CT molecular complexity index is 860. The minimum Gasteiger partial charge on any atom is -0.478 e. The summed E-state index contributed by atoms with van der Waals surface area (Å²) in [6.07, 6.45) is 0. The first-order chi connectivity index (χ1) is 13.7. The summed E-state index contributed by atoms with van der Waals surface area (Å²) in [6.45, 7) is 6.30. The monoisotopic (exact) mass is 414 g/mol. The van der Waals surface area contributed by atoms with Crippen molar-refractivity contribution in [2.24, 2.45) is 0 Å². The quantitative estimate of drug-likeness (QED) is 0.345. The number of aliphatic hydroxyl groups is 2. The van der Waals surface area contributed by atoms with Gasteiger partial charge in [0, 0.05) is 5.56 Å². The maximum absolute atomic E-state index is 10.7. The summed E-state index contributed by atoms with van der Waals surface area (Å²) in [7, 11) is 0. The van der Waals surface area contributed by atoms with Crippen LogP contribution in [0.1, 0.15) is 48.4 Å². The highest BCUT2D eigenvalue weighted by Crippen LogP contribution is 2.02. The summed E-state index contributed by atoms with van der Waals surface area (Å²) >= 11 is 0. The third kappa shape index (κ3) is 13.7. The molecule has 0 aromatic heterocycles. The number of hydrogen-bond donors (Lipinski definition) is 4. The van der Waals surface area contributed by atoms with E-state index >= 15 is 0 Å². The van der Waals surface area contributed by atoms with Crippen LogP contribution >= 0.6 is 0 Å². The van der Waals surface area contributed by atoms with Crippen LogP contribution in [0.3, 0.4) is 0 Å². The summed E-state index contributed by atoms with van der Waals surface area (Å²) in [4.78, 5) is 31.1. The molecule has 2 rings (SSSR count). The molecule has 2 aromatic carbocycles. The van der Waals surface area contributed by atoms with Crippen molar-refractivity contribution in [3.8, 4) is 11.8 Å². The summed E-state index contributed by atoms with van der Waals surface area (Å²) < 4.78 is 0. The average molecular weight is 414 g/mol. The van der Waals surface area contributed by atoms with Gasteiger partial charge in [-0.1, -0.05) is 60.4 Å². The fourth-order valence-electron chi connectivity index (χ4n) is 1.60. The minimum atomic E-state index is -1.42. The maximum Gasteiger partial charge on any atom is 0.377 e. The molecule has 0 amide bonds. The lowest BCUT2D eigenvalue weighted by Crippen LogP contribution is -2.20. The van der Waals surface area contributed by atoms with Gasteiger partial charge in [-0.3, -0.25) is 4.79 Å². The lowest BCUT2D eigenvalue weighted by molar-refractivity contribution is -0.131. The second kappa shape index (κ2) is 12.2. The van der Waals surface area contributed by atoms with Crippen LogP contribution in [0.25, 0.3) is 0 Å². The number of hydrogen-bond acceptors (Lipinski definition) is 5. The molecule has 0 radical (unpaired) electrons. The predicted octanol–water partition coefficient (Wildman–Crippen LogP) is 2.87. The molecule has 0 saturated carbocycles. The van der Waals surface area contributed by atoms with Gasteiger partial charge in [-0.05, 0) is 39.8 Å². The van der Waals surface area contributed by atoms with Gasteiger partial charge in [0.15, 0.2) is 0 Å². The van der Waals surface area contributed by atoms with E-state index < -0.39 is 28.9 Å². The Labute approximate surface area is 175 Å². The van der Waals surface area contributed by atoms with Crippen LogP contribution < -0.4 is 0 Å². The predicted molar refractivity (Wildman–Crippen MR) is 112 cm³/mol. The molecule has 0 heterocycles. The summed E-state index contributed by atoms with van der Waals surface area (Å²) in [5.74, 6) is 1.87. The first-order valence-corrected chi connectivity index (χ1v) is 8.83. The van der Waals surface area contributed by atoms with Crippen molar-refractivity contribution in [3.05, 3.63) is 71.8 Å². The molecule has 160 valence electrons. The molecule has 0 saturated heterocycles. The number of carbonyl (C=O) groups is 3. The summed E-state index contributed by atoms with van der Waals surface area (Å²) in [5.41, 5.74) is -1.49. The lowest BCUT2D eigenvalue weighted by Gasteiger charge is -2.10. The molecule has 0 aliphatic heterocycles. The van der Waals surface area contributed by atoms with Crippen molar-refractivity contribution in [3.63, 3.8) is 0 Å². The molecule has 0 fully saturated rings. The second-order valence-corrected chi connectivity index (χ2v) is 7.04. The number of carbonyl (C=O) groups excluding carboxylic acids is 1. The molecule has 4 N–H and O–H groups in total. The fraction of sp³-hybridized carbons (Fsp3) is 0.261. The SMILES string of the molecule is CC(C)(O)C#CC(C)(C)O.O=C(O)C(=O)c1ccccc1.O=C(O)c1ccccc1. The molecule has 2 aromatic rings. The topological polar surface area (TPSA) is 132 Å². The molecule has 0 spiro atoms. The molecule has 0 aliphatic carbocycles. The van der Waals surface area contributed by atoms with Crippen LogP contribution in [0, 0.1) is 11.8 Å². The number of rotatable bonds is 3. The zero-order chi connectivity index (χ0) is 23.4. The van der Waals surface area contributed by atoms with E-state index in [0.29, 0.717) is 5.56 Å². The van der Waals surface area contributed by atoms with Gasteiger partial charge in [0.1, 0.15) is 11.2 Å². The van der Waals surface area contributed by atoms with Crippen molar-refractivity contribution in [1.82, 2.24) is 0 Å². The average Bonchev–Trinajstić information content (AvgIpc) is 2.67. The van der Waals surface area contributed by atoms with Gasteiger partial charge in [-0.2, -0.15) is 0 Å². The highest BCUT2D eigenvalue weighted by atomic mass is 16.4. The van der Waals surface area contributed by atoms with Crippen LogP contribution in [-0.2, 0) is 4.79 Å². The van der Waals surface area contributed by atoms with Crippen molar-refractivity contribution < 1.29 is 34.8 Å². The molecule has 7 heteroatoms. The van der Waals surface area contributed by atoms with Crippen LogP contribution in [0.5, 0.6) is 0 Å². The molecule has 0 atom stereocenters. The van der Waals surface area contributed by atoms with Crippen molar-refractivity contribution >= 4 is 17.7 Å². The first kappa shape index (κ1) is 26.5. The molecule has 0 unspecified atom stereocenters. The zero-order valence-corrected chi connectivity index (χ0v) is 17.3. The lowest BCUT2D eigenvalue weighted by atomic mass is 10.1. The Morgan fingerprint density at radius 2 is 1.00 bits per heavy atom. The van der Waals surface area contributed by atoms with Crippen molar-refractivity contribution in [1.29, 1.82) is 0 Å². The van der Waals surface area contributed by atoms with Crippen molar-refractivity contribution in [2.75, 3.05) is 0 Å². The van der Waals surface area contributed by atoms with E-state index in [1.54, 1.807) is 76.2 Å².